The molecule has 2 aromatic rings. The molecule has 5 nitrogen and oxygen atoms in total. The fourth-order valence-corrected chi connectivity index (χ4v) is 1.70. The highest BCUT2D eigenvalue weighted by Gasteiger charge is 2.11. The molecule has 0 saturated carbocycles. The van der Waals surface area contributed by atoms with Gasteiger partial charge in [-0.15, -0.1) is 0 Å². The van der Waals surface area contributed by atoms with Gasteiger partial charge >= 0.3 is 0 Å². The van der Waals surface area contributed by atoms with Crippen LogP contribution in [0.5, 0.6) is 0 Å². The minimum absolute atomic E-state index is 0.520. The number of nitrogen functional groups attached to an aromatic ring is 1. The number of halogens is 1. The van der Waals surface area contributed by atoms with Crippen LogP contribution in [0, 0.1) is 10.5 Å². The highest BCUT2D eigenvalue weighted by atomic mass is 127. The van der Waals surface area contributed by atoms with Crippen LogP contribution in [0.1, 0.15) is 12.6 Å². The molecule has 0 aliphatic carbocycles. The number of rotatable bonds is 2. The molecule has 84 valence electrons. The molecule has 0 aromatic carbocycles. The Morgan fingerprint density at radius 3 is 2.81 bits per heavy atom. The number of nitrogens with two attached hydrogens (primary N) is 1. The number of anilines is 1. The van der Waals surface area contributed by atoms with Gasteiger partial charge in [-0.05, 0) is 36.4 Å². The Hall–Kier alpha value is -1.18. The summed E-state index contributed by atoms with van der Waals surface area (Å²) in [6.07, 6.45) is 3.52. The highest BCUT2D eigenvalue weighted by molar-refractivity contribution is 14.1. The zero-order valence-corrected chi connectivity index (χ0v) is 11.3. The molecule has 2 aromatic heterocycles. The first-order valence-corrected chi connectivity index (χ1v) is 6.01. The van der Waals surface area contributed by atoms with Gasteiger partial charge in [-0.1, -0.05) is 0 Å². The number of imidazole rings is 1. The van der Waals surface area contributed by atoms with E-state index in [1.165, 1.54) is 0 Å². The molecule has 0 unspecified atom stereocenters. The first-order valence-electron chi connectivity index (χ1n) is 4.93. The van der Waals surface area contributed by atoms with Gasteiger partial charge in [0.25, 0.3) is 0 Å². The number of aromatic nitrogens is 4. The summed E-state index contributed by atoms with van der Waals surface area (Å²) in [5.74, 6) is 1.15. The average Bonchev–Trinajstić information content (AvgIpc) is 2.73. The van der Waals surface area contributed by atoms with Gasteiger partial charge in [-0.2, -0.15) is 0 Å². The third-order valence-corrected chi connectivity index (χ3v) is 3.66. The third-order valence-electron chi connectivity index (χ3n) is 2.32. The Balaban J connectivity index is 2.57. The SMILES string of the molecule is CCn1cncc1-c1nc(C)c(I)c(N)n1. The zero-order valence-electron chi connectivity index (χ0n) is 9.11. The van der Waals surface area contributed by atoms with Gasteiger partial charge in [0.1, 0.15) is 11.5 Å². The second-order valence-corrected chi connectivity index (χ2v) is 4.48. The van der Waals surface area contributed by atoms with E-state index in [9.17, 15) is 0 Å². The van der Waals surface area contributed by atoms with Crippen molar-refractivity contribution >= 4 is 28.4 Å². The molecule has 0 atom stereocenters. The first-order chi connectivity index (χ1) is 7.63. The summed E-state index contributed by atoms with van der Waals surface area (Å²) in [5.41, 5.74) is 7.62. The van der Waals surface area contributed by atoms with Gasteiger partial charge in [0.05, 0.1) is 21.8 Å². The first kappa shape index (κ1) is 11.3. The van der Waals surface area contributed by atoms with Crippen molar-refractivity contribution in [1.29, 1.82) is 0 Å². The van der Waals surface area contributed by atoms with E-state index >= 15 is 0 Å². The van der Waals surface area contributed by atoms with Crippen molar-refractivity contribution in [1.82, 2.24) is 19.5 Å². The lowest BCUT2D eigenvalue weighted by Crippen LogP contribution is -2.05. The molecule has 2 heterocycles. The van der Waals surface area contributed by atoms with E-state index < -0.39 is 0 Å². The van der Waals surface area contributed by atoms with Gasteiger partial charge in [-0.25, -0.2) is 15.0 Å². The maximum absolute atomic E-state index is 5.83. The zero-order chi connectivity index (χ0) is 11.7. The molecule has 0 amide bonds. The maximum atomic E-state index is 5.83. The summed E-state index contributed by atoms with van der Waals surface area (Å²) in [6, 6.07) is 0. The Bertz CT molecular complexity index is 497. The molecule has 0 fully saturated rings. The van der Waals surface area contributed by atoms with Crippen LogP contribution in [0.3, 0.4) is 0 Å². The molecule has 0 aliphatic rings. The van der Waals surface area contributed by atoms with Gasteiger partial charge in [0.15, 0.2) is 5.82 Å². The Morgan fingerprint density at radius 1 is 1.44 bits per heavy atom. The largest absolute Gasteiger partial charge is 0.383 e. The number of nitrogens with zero attached hydrogens (tertiary/aromatic N) is 4. The molecular formula is C10H12IN5. The third kappa shape index (κ3) is 1.89. The maximum Gasteiger partial charge on any atom is 0.180 e. The predicted molar refractivity (Wildman–Crippen MR) is 70.8 cm³/mol. The predicted octanol–water partition coefficient (Wildman–Crippen LogP) is 1.86. The Labute approximate surface area is 107 Å². The molecule has 16 heavy (non-hydrogen) atoms. The fourth-order valence-electron chi connectivity index (χ4n) is 1.45. The second-order valence-electron chi connectivity index (χ2n) is 3.40. The van der Waals surface area contributed by atoms with E-state index in [2.05, 4.69) is 37.5 Å². The lowest BCUT2D eigenvalue weighted by Gasteiger charge is -2.07. The molecule has 0 aliphatic heterocycles. The lowest BCUT2D eigenvalue weighted by atomic mass is 10.3. The van der Waals surface area contributed by atoms with Crippen molar-refractivity contribution in [2.24, 2.45) is 0 Å². The van der Waals surface area contributed by atoms with Crippen molar-refractivity contribution in [3.8, 4) is 11.5 Å². The lowest BCUT2D eigenvalue weighted by molar-refractivity contribution is 0.763. The number of aryl methyl sites for hydroxylation is 2. The van der Waals surface area contributed by atoms with Gasteiger partial charge < -0.3 is 10.3 Å². The van der Waals surface area contributed by atoms with Crippen LogP contribution in [0.25, 0.3) is 11.5 Å². The van der Waals surface area contributed by atoms with Gasteiger partial charge in [0, 0.05) is 6.54 Å². The molecule has 0 bridgehead atoms. The summed E-state index contributed by atoms with van der Waals surface area (Å²) >= 11 is 2.15. The van der Waals surface area contributed by atoms with E-state index in [4.69, 9.17) is 5.73 Å². The van der Waals surface area contributed by atoms with Crippen molar-refractivity contribution < 1.29 is 0 Å². The summed E-state index contributed by atoms with van der Waals surface area (Å²) < 4.78 is 2.89. The topological polar surface area (TPSA) is 69.6 Å². The minimum Gasteiger partial charge on any atom is -0.383 e. The monoisotopic (exact) mass is 329 g/mol. The molecule has 2 N–H and O–H groups in total. The Kier molecular flexibility index (Phi) is 3.08. The molecular weight excluding hydrogens is 317 g/mol. The summed E-state index contributed by atoms with van der Waals surface area (Å²) in [4.78, 5) is 12.8. The summed E-state index contributed by atoms with van der Waals surface area (Å²) in [5, 5.41) is 0. The number of hydrogen-bond acceptors (Lipinski definition) is 4. The summed E-state index contributed by atoms with van der Waals surface area (Å²) in [6.45, 7) is 4.81. The van der Waals surface area contributed by atoms with Crippen LogP contribution in [0.2, 0.25) is 0 Å². The quantitative estimate of drug-likeness (QED) is 0.854. The van der Waals surface area contributed by atoms with Crippen LogP contribution < -0.4 is 5.73 Å². The van der Waals surface area contributed by atoms with Gasteiger partial charge in [-0.3, -0.25) is 0 Å². The van der Waals surface area contributed by atoms with Crippen LogP contribution in [-0.2, 0) is 6.54 Å². The van der Waals surface area contributed by atoms with Crippen molar-refractivity contribution in [3.05, 3.63) is 21.8 Å². The van der Waals surface area contributed by atoms with Gasteiger partial charge in [0.2, 0.25) is 0 Å². The van der Waals surface area contributed by atoms with E-state index in [-0.39, 0.29) is 0 Å². The number of hydrogen-bond donors (Lipinski definition) is 1. The molecule has 0 saturated heterocycles. The van der Waals surface area contributed by atoms with Crippen LogP contribution in [0.4, 0.5) is 5.82 Å². The van der Waals surface area contributed by atoms with Crippen molar-refractivity contribution in [3.63, 3.8) is 0 Å². The minimum atomic E-state index is 0.520. The fraction of sp³-hybridized carbons (Fsp3) is 0.300. The molecule has 6 heteroatoms. The van der Waals surface area contributed by atoms with Crippen LogP contribution in [0.15, 0.2) is 12.5 Å². The van der Waals surface area contributed by atoms with Crippen molar-refractivity contribution in [2.75, 3.05) is 5.73 Å². The highest BCUT2D eigenvalue weighted by Crippen LogP contribution is 2.21. The summed E-state index contributed by atoms with van der Waals surface area (Å²) in [7, 11) is 0. The van der Waals surface area contributed by atoms with E-state index in [0.717, 1.165) is 21.5 Å². The molecule has 2 rings (SSSR count). The van der Waals surface area contributed by atoms with Crippen LogP contribution in [-0.4, -0.2) is 19.5 Å². The van der Waals surface area contributed by atoms with Crippen LogP contribution >= 0.6 is 22.6 Å². The average molecular weight is 329 g/mol. The van der Waals surface area contributed by atoms with E-state index in [1.807, 2.05) is 18.4 Å². The normalized spacial score (nSPS) is 10.7. The molecule has 0 radical (unpaired) electrons. The second kappa shape index (κ2) is 4.36. The standard InChI is InChI=1S/C10H12IN5/c1-3-16-5-13-4-7(16)10-14-6(2)8(11)9(12)15-10/h4-5H,3H2,1-2H3,(H2,12,14,15). The van der Waals surface area contributed by atoms with E-state index in [0.29, 0.717) is 11.6 Å². The van der Waals surface area contributed by atoms with E-state index in [1.54, 1.807) is 12.5 Å². The molecule has 0 spiro atoms. The van der Waals surface area contributed by atoms with Crippen molar-refractivity contribution in [2.45, 2.75) is 20.4 Å². The smallest absolute Gasteiger partial charge is 0.180 e. The Morgan fingerprint density at radius 2 is 2.19 bits per heavy atom.